The normalized spacial score (nSPS) is 7.78. The van der Waals surface area contributed by atoms with Crippen LogP contribution in [-0.2, 0) is 0 Å². The first-order valence-electron chi connectivity index (χ1n) is 2.65. The van der Waals surface area contributed by atoms with Crippen molar-refractivity contribution in [3.05, 3.63) is 27.5 Å². The highest BCUT2D eigenvalue weighted by Gasteiger charge is 1.95. The highest BCUT2D eigenvalue weighted by atomic mass is 16.6. The van der Waals surface area contributed by atoms with Crippen molar-refractivity contribution in [2.75, 3.05) is 6.54 Å². The van der Waals surface area contributed by atoms with Crippen LogP contribution in [-0.4, -0.2) is 11.5 Å². The SMILES string of the molecule is CC=C=C(C)C[N+](=O)[O-]. The molecule has 0 aromatic rings. The molecule has 0 aliphatic rings. The summed E-state index contributed by atoms with van der Waals surface area (Å²) < 4.78 is 0. The smallest absolute Gasteiger partial charge is 0.231 e. The molecule has 0 rings (SSSR count). The van der Waals surface area contributed by atoms with Gasteiger partial charge in [0.2, 0.25) is 6.54 Å². The summed E-state index contributed by atoms with van der Waals surface area (Å²) in [6.45, 7) is 3.36. The fraction of sp³-hybridized carbons (Fsp3) is 0.500. The summed E-state index contributed by atoms with van der Waals surface area (Å²) in [4.78, 5) is 9.45. The summed E-state index contributed by atoms with van der Waals surface area (Å²) in [5, 5.41) is 9.82. The van der Waals surface area contributed by atoms with Gasteiger partial charge in [0.1, 0.15) is 0 Å². The van der Waals surface area contributed by atoms with E-state index in [1.807, 2.05) is 0 Å². The Bertz CT molecular complexity index is 166. The van der Waals surface area contributed by atoms with Crippen LogP contribution < -0.4 is 0 Å². The van der Waals surface area contributed by atoms with Crippen molar-refractivity contribution in [2.24, 2.45) is 0 Å². The molecular weight excluding hydrogens is 118 g/mol. The Morgan fingerprint density at radius 2 is 2.44 bits per heavy atom. The molecule has 0 saturated carbocycles. The second-order valence-electron chi connectivity index (χ2n) is 1.70. The topological polar surface area (TPSA) is 43.1 Å². The van der Waals surface area contributed by atoms with E-state index in [1.165, 1.54) is 0 Å². The summed E-state index contributed by atoms with van der Waals surface area (Å²) in [6, 6.07) is 0. The number of nitrogens with zero attached hydrogens (tertiary/aromatic N) is 1. The Morgan fingerprint density at radius 3 is 2.78 bits per heavy atom. The van der Waals surface area contributed by atoms with Crippen LogP contribution in [0.2, 0.25) is 0 Å². The fourth-order valence-electron chi connectivity index (χ4n) is 0.486. The lowest BCUT2D eigenvalue weighted by Gasteiger charge is -1.86. The molecule has 0 aromatic heterocycles. The molecule has 0 saturated heterocycles. The Morgan fingerprint density at radius 1 is 1.89 bits per heavy atom. The van der Waals surface area contributed by atoms with E-state index in [1.54, 1.807) is 19.9 Å². The van der Waals surface area contributed by atoms with Crippen molar-refractivity contribution in [1.82, 2.24) is 0 Å². The molecule has 0 unspecified atom stereocenters. The largest absolute Gasteiger partial charge is 0.264 e. The molecule has 0 amide bonds. The molecule has 9 heavy (non-hydrogen) atoms. The van der Waals surface area contributed by atoms with Gasteiger partial charge < -0.3 is 0 Å². The van der Waals surface area contributed by atoms with Crippen molar-refractivity contribution >= 4 is 0 Å². The monoisotopic (exact) mass is 127 g/mol. The molecule has 50 valence electrons. The Balaban J connectivity index is 3.92. The van der Waals surface area contributed by atoms with E-state index < -0.39 is 0 Å². The van der Waals surface area contributed by atoms with E-state index in [0.717, 1.165) is 0 Å². The lowest BCUT2D eigenvalue weighted by atomic mass is 10.3. The minimum Gasteiger partial charge on any atom is -0.264 e. The third kappa shape index (κ3) is 4.78. The van der Waals surface area contributed by atoms with Gasteiger partial charge in [-0.3, -0.25) is 10.1 Å². The maximum absolute atomic E-state index is 9.82. The average molecular weight is 127 g/mol. The molecule has 3 nitrogen and oxygen atoms in total. The number of nitro groups is 1. The Labute approximate surface area is 53.8 Å². The van der Waals surface area contributed by atoms with Gasteiger partial charge in [0, 0.05) is 10.5 Å². The van der Waals surface area contributed by atoms with Crippen molar-refractivity contribution in [3.63, 3.8) is 0 Å². The highest BCUT2D eigenvalue weighted by molar-refractivity contribution is 4.96. The van der Waals surface area contributed by atoms with Crippen LogP contribution in [0.15, 0.2) is 17.4 Å². The van der Waals surface area contributed by atoms with Crippen LogP contribution in [0.5, 0.6) is 0 Å². The quantitative estimate of drug-likeness (QED) is 0.319. The van der Waals surface area contributed by atoms with E-state index in [9.17, 15) is 10.1 Å². The lowest BCUT2D eigenvalue weighted by Crippen LogP contribution is -2.00. The predicted molar refractivity (Wildman–Crippen MR) is 34.8 cm³/mol. The molecule has 0 heterocycles. The molecule has 0 radical (unpaired) electrons. The van der Waals surface area contributed by atoms with Crippen LogP contribution >= 0.6 is 0 Å². The van der Waals surface area contributed by atoms with Gasteiger partial charge in [-0.15, -0.1) is 5.73 Å². The Kier molecular flexibility index (Phi) is 3.40. The van der Waals surface area contributed by atoms with E-state index in [0.29, 0.717) is 5.57 Å². The zero-order chi connectivity index (χ0) is 7.28. The van der Waals surface area contributed by atoms with Gasteiger partial charge in [0.05, 0.1) is 0 Å². The second kappa shape index (κ2) is 3.87. The summed E-state index contributed by atoms with van der Waals surface area (Å²) in [5.41, 5.74) is 3.38. The molecule has 0 bridgehead atoms. The number of rotatable bonds is 2. The van der Waals surface area contributed by atoms with E-state index >= 15 is 0 Å². The standard InChI is InChI=1S/C6H9NO2/c1-3-4-6(2)5-7(8)9/h3H,5H2,1-2H3. The second-order valence-corrected chi connectivity index (χ2v) is 1.70. The molecule has 0 fully saturated rings. The van der Waals surface area contributed by atoms with Crippen LogP contribution in [0.25, 0.3) is 0 Å². The summed E-state index contributed by atoms with van der Waals surface area (Å²) in [5.74, 6) is 0. The third-order valence-electron chi connectivity index (χ3n) is 0.757. The third-order valence-corrected chi connectivity index (χ3v) is 0.757. The number of hydrogen-bond donors (Lipinski definition) is 0. The first-order valence-corrected chi connectivity index (χ1v) is 2.65. The van der Waals surface area contributed by atoms with Crippen LogP contribution in [0.3, 0.4) is 0 Å². The van der Waals surface area contributed by atoms with Gasteiger partial charge in [0.15, 0.2) is 0 Å². The van der Waals surface area contributed by atoms with Gasteiger partial charge >= 0.3 is 0 Å². The highest BCUT2D eigenvalue weighted by Crippen LogP contribution is 1.87. The van der Waals surface area contributed by atoms with Gasteiger partial charge in [-0.2, -0.15) is 0 Å². The molecule has 0 aromatic carbocycles. The van der Waals surface area contributed by atoms with Crippen LogP contribution in [0.4, 0.5) is 0 Å². The zero-order valence-corrected chi connectivity index (χ0v) is 5.55. The average Bonchev–Trinajstić information content (AvgIpc) is 1.63. The lowest BCUT2D eigenvalue weighted by molar-refractivity contribution is -0.470. The molecule has 0 spiro atoms. The Hall–Kier alpha value is -1.08. The predicted octanol–water partition coefficient (Wildman–Crippen LogP) is 1.38. The summed E-state index contributed by atoms with van der Waals surface area (Å²) >= 11 is 0. The minimum atomic E-state index is -0.369. The van der Waals surface area contributed by atoms with Crippen molar-refractivity contribution in [3.8, 4) is 0 Å². The fourth-order valence-corrected chi connectivity index (χ4v) is 0.486. The molecule has 0 N–H and O–H groups in total. The van der Waals surface area contributed by atoms with Crippen molar-refractivity contribution in [1.29, 1.82) is 0 Å². The minimum absolute atomic E-state index is 0.107. The van der Waals surface area contributed by atoms with Gasteiger partial charge in [-0.05, 0) is 19.9 Å². The van der Waals surface area contributed by atoms with E-state index in [4.69, 9.17) is 0 Å². The zero-order valence-electron chi connectivity index (χ0n) is 5.55. The molecule has 0 aliphatic carbocycles. The first kappa shape index (κ1) is 7.92. The van der Waals surface area contributed by atoms with Gasteiger partial charge in [0.25, 0.3) is 0 Å². The molecule has 0 atom stereocenters. The van der Waals surface area contributed by atoms with E-state index in [-0.39, 0.29) is 11.5 Å². The van der Waals surface area contributed by atoms with Gasteiger partial charge in [-0.1, -0.05) is 0 Å². The number of hydrogen-bond acceptors (Lipinski definition) is 2. The summed E-state index contributed by atoms with van der Waals surface area (Å²) in [7, 11) is 0. The molecular formula is C6H9NO2. The van der Waals surface area contributed by atoms with E-state index in [2.05, 4.69) is 5.73 Å². The molecule has 3 heteroatoms. The van der Waals surface area contributed by atoms with Crippen molar-refractivity contribution < 1.29 is 4.92 Å². The first-order chi connectivity index (χ1) is 4.16. The maximum atomic E-state index is 9.82. The van der Waals surface area contributed by atoms with Crippen LogP contribution in [0, 0.1) is 10.1 Å². The maximum Gasteiger partial charge on any atom is 0.231 e. The van der Waals surface area contributed by atoms with Crippen LogP contribution in [0.1, 0.15) is 13.8 Å². The molecule has 0 aliphatic heterocycles. The summed E-state index contributed by atoms with van der Waals surface area (Å²) in [6.07, 6.45) is 1.67. The van der Waals surface area contributed by atoms with Gasteiger partial charge in [-0.25, -0.2) is 0 Å². The van der Waals surface area contributed by atoms with Crippen molar-refractivity contribution in [2.45, 2.75) is 13.8 Å².